The summed E-state index contributed by atoms with van der Waals surface area (Å²) in [6.07, 6.45) is 1.23. The van der Waals surface area contributed by atoms with Gasteiger partial charge in [0.05, 0.1) is 0 Å². The lowest BCUT2D eigenvalue weighted by Gasteiger charge is -2.11. The first-order chi connectivity index (χ1) is 7.38. The standard InChI is InChI=1S/C12H19N3/c13-7-10-2-1-3-11(6-10)8-15-12-4-5-14-9-12/h1-3,6,12,14-15H,4-5,7-9,13H2. The van der Waals surface area contributed by atoms with E-state index in [-0.39, 0.29) is 0 Å². The van der Waals surface area contributed by atoms with Crippen molar-refractivity contribution in [2.24, 2.45) is 5.73 Å². The third-order valence-corrected chi connectivity index (χ3v) is 2.88. The predicted molar refractivity (Wildman–Crippen MR) is 62.4 cm³/mol. The van der Waals surface area contributed by atoms with Crippen molar-refractivity contribution in [3.63, 3.8) is 0 Å². The summed E-state index contributed by atoms with van der Waals surface area (Å²) in [4.78, 5) is 0. The molecule has 1 atom stereocenters. The van der Waals surface area contributed by atoms with E-state index < -0.39 is 0 Å². The molecule has 1 fully saturated rings. The lowest BCUT2D eigenvalue weighted by Crippen LogP contribution is -2.30. The molecule has 1 aromatic rings. The van der Waals surface area contributed by atoms with Crippen LogP contribution in [0.3, 0.4) is 0 Å². The second-order valence-corrected chi connectivity index (χ2v) is 4.09. The molecule has 1 heterocycles. The van der Waals surface area contributed by atoms with Crippen molar-refractivity contribution < 1.29 is 0 Å². The summed E-state index contributed by atoms with van der Waals surface area (Å²) in [5, 5.41) is 6.89. The maximum absolute atomic E-state index is 5.61. The zero-order chi connectivity index (χ0) is 10.5. The molecule has 2 rings (SSSR count). The van der Waals surface area contributed by atoms with Gasteiger partial charge in [-0.2, -0.15) is 0 Å². The van der Waals surface area contributed by atoms with Crippen molar-refractivity contribution in [1.82, 2.24) is 10.6 Å². The van der Waals surface area contributed by atoms with Gasteiger partial charge < -0.3 is 16.4 Å². The third kappa shape index (κ3) is 3.02. The molecule has 1 aromatic carbocycles. The van der Waals surface area contributed by atoms with Gasteiger partial charge >= 0.3 is 0 Å². The monoisotopic (exact) mass is 205 g/mol. The van der Waals surface area contributed by atoms with Crippen LogP contribution in [0.1, 0.15) is 17.5 Å². The first-order valence-electron chi connectivity index (χ1n) is 5.60. The molecule has 82 valence electrons. The molecule has 1 unspecified atom stereocenters. The molecule has 0 aliphatic carbocycles. The molecular formula is C12H19N3. The molecule has 1 aliphatic heterocycles. The zero-order valence-electron chi connectivity index (χ0n) is 9.00. The van der Waals surface area contributed by atoms with Crippen LogP contribution in [0.25, 0.3) is 0 Å². The van der Waals surface area contributed by atoms with Gasteiger partial charge in [-0.25, -0.2) is 0 Å². The van der Waals surface area contributed by atoms with Crippen LogP contribution in [0.15, 0.2) is 24.3 Å². The Hall–Kier alpha value is -0.900. The van der Waals surface area contributed by atoms with Gasteiger partial charge in [0, 0.05) is 25.7 Å². The van der Waals surface area contributed by atoms with Crippen molar-refractivity contribution in [1.29, 1.82) is 0 Å². The Bertz CT molecular complexity index is 305. The van der Waals surface area contributed by atoms with Crippen LogP contribution in [0.2, 0.25) is 0 Å². The van der Waals surface area contributed by atoms with Crippen LogP contribution in [0.5, 0.6) is 0 Å². The average Bonchev–Trinajstić information content (AvgIpc) is 2.79. The minimum Gasteiger partial charge on any atom is -0.326 e. The van der Waals surface area contributed by atoms with Crippen LogP contribution >= 0.6 is 0 Å². The average molecular weight is 205 g/mol. The Morgan fingerprint density at radius 3 is 3.00 bits per heavy atom. The van der Waals surface area contributed by atoms with Gasteiger partial charge in [-0.05, 0) is 24.1 Å². The van der Waals surface area contributed by atoms with Crippen molar-refractivity contribution in [3.05, 3.63) is 35.4 Å². The maximum atomic E-state index is 5.61. The first kappa shape index (κ1) is 10.6. The summed E-state index contributed by atoms with van der Waals surface area (Å²) in [6.45, 7) is 3.80. The Labute approximate surface area is 91.1 Å². The van der Waals surface area contributed by atoms with E-state index in [4.69, 9.17) is 5.73 Å². The molecule has 0 saturated carbocycles. The van der Waals surface area contributed by atoms with Gasteiger partial charge in [0.15, 0.2) is 0 Å². The van der Waals surface area contributed by atoms with Crippen LogP contribution in [-0.2, 0) is 13.1 Å². The molecular weight excluding hydrogens is 186 g/mol. The quantitative estimate of drug-likeness (QED) is 0.674. The van der Waals surface area contributed by atoms with Crippen LogP contribution in [0, 0.1) is 0 Å². The fourth-order valence-corrected chi connectivity index (χ4v) is 1.96. The van der Waals surface area contributed by atoms with Crippen LogP contribution < -0.4 is 16.4 Å². The summed E-state index contributed by atoms with van der Waals surface area (Å²) in [6, 6.07) is 9.10. The number of hydrogen-bond donors (Lipinski definition) is 3. The fraction of sp³-hybridized carbons (Fsp3) is 0.500. The van der Waals surface area contributed by atoms with E-state index in [0.29, 0.717) is 12.6 Å². The highest BCUT2D eigenvalue weighted by Crippen LogP contribution is 2.05. The summed E-state index contributed by atoms with van der Waals surface area (Å²) < 4.78 is 0. The number of hydrogen-bond acceptors (Lipinski definition) is 3. The molecule has 0 bridgehead atoms. The van der Waals surface area contributed by atoms with E-state index >= 15 is 0 Å². The number of rotatable bonds is 4. The number of benzene rings is 1. The highest BCUT2D eigenvalue weighted by molar-refractivity contribution is 5.23. The Morgan fingerprint density at radius 1 is 1.40 bits per heavy atom. The van der Waals surface area contributed by atoms with Gasteiger partial charge in [0.25, 0.3) is 0 Å². The fourth-order valence-electron chi connectivity index (χ4n) is 1.96. The minimum absolute atomic E-state index is 0.624. The minimum atomic E-state index is 0.624. The largest absolute Gasteiger partial charge is 0.326 e. The van der Waals surface area contributed by atoms with Crippen molar-refractivity contribution in [3.8, 4) is 0 Å². The van der Waals surface area contributed by atoms with Crippen molar-refractivity contribution >= 4 is 0 Å². The van der Waals surface area contributed by atoms with Crippen molar-refractivity contribution in [2.75, 3.05) is 13.1 Å². The van der Waals surface area contributed by atoms with E-state index in [0.717, 1.165) is 19.6 Å². The molecule has 3 heteroatoms. The lowest BCUT2D eigenvalue weighted by atomic mass is 10.1. The van der Waals surface area contributed by atoms with Gasteiger partial charge in [-0.15, -0.1) is 0 Å². The summed E-state index contributed by atoms with van der Waals surface area (Å²) in [5.41, 5.74) is 8.14. The van der Waals surface area contributed by atoms with E-state index in [1.165, 1.54) is 17.5 Å². The number of nitrogens with one attached hydrogen (secondary N) is 2. The molecule has 0 amide bonds. The maximum Gasteiger partial charge on any atom is 0.0208 e. The van der Waals surface area contributed by atoms with Gasteiger partial charge in [0.2, 0.25) is 0 Å². The predicted octanol–water partition coefficient (Wildman–Crippen LogP) is 0.597. The zero-order valence-corrected chi connectivity index (χ0v) is 9.00. The van der Waals surface area contributed by atoms with Gasteiger partial charge in [-0.3, -0.25) is 0 Å². The normalized spacial score (nSPS) is 20.7. The number of nitrogens with two attached hydrogens (primary N) is 1. The molecule has 1 aliphatic rings. The first-order valence-corrected chi connectivity index (χ1v) is 5.60. The third-order valence-electron chi connectivity index (χ3n) is 2.88. The summed E-state index contributed by atoms with van der Waals surface area (Å²) in [5.74, 6) is 0. The molecule has 0 radical (unpaired) electrons. The smallest absolute Gasteiger partial charge is 0.0208 e. The Kier molecular flexibility index (Phi) is 3.72. The molecule has 1 saturated heterocycles. The Balaban J connectivity index is 1.86. The second kappa shape index (κ2) is 5.26. The van der Waals surface area contributed by atoms with Crippen LogP contribution in [0.4, 0.5) is 0 Å². The molecule has 3 nitrogen and oxygen atoms in total. The highest BCUT2D eigenvalue weighted by atomic mass is 15.0. The summed E-state index contributed by atoms with van der Waals surface area (Å²) in [7, 11) is 0. The van der Waals surface area contributed by atoms with E-state index in [2.05, 4.69) is 34.9 Å². The highest BCUT2D eigenvalue weighted by Gasteiger charge is 2.12. The molecule has 0 spiro atoms. The van der Waals surface area contributed by atoms with E-state index in [1.54, 1.807) is 0 Å². The molecule has 0 aromatic heterocycles. The van der Waals surface area contributed by atoms with Gasteiger partial charge in [0.1, 0.15) is 0 Å². The van der Waals surface area contributed by atoms with E-state index in [9.17, 15) is 0 Å². The Morgan fingerprint density at radius 2 is 2.27 bits per heavy atom. The van der Waals surface area contributed by atoms with Crippen molar-refractivity contribution in [2.45, 2.75) is 25.6 Å². The summed E-state index contributed by atoms with van der Waals surface area (Å²) >= 11 is 0. The molecule has 15 heavy (non-hydrogen) atoms. The second-order valence-electron chi connectivity index (χ2n) is 4.09. The SMILES string of the molecule is NCc1cccc(CNC2CCNC2)c1. The lowest BCUT2D eigenvalue weighted by molar-refractivity contribution is 0.547. The van der Waals surface area contributed by atoms with Gasteiger partial charge in [-0.1, -0.05) is 24.3 Å². The topological polar surface area (TPSA) is 50.1 Å². The molecule has 4 N–H and O–H groups in total. The van der Waals surface area contributed by atoms with E-state index in [1.807, 2.05) is 0 Å². The van der Waals surface area contributed by atoms with Crippen LogP contribution in [-0.4, -0.2) is 19.1 Å².